The van der Waals surface area contributed by atoms with E-state index in [1.807, 2.05) is 25.1 Å². The molecule has 0 atom stereocenters. The molecule has 0 saturated heterocycles. The summed E-state index contributed by atoms with van der Waals surface area (Å²) >= 11 is 5.04. The molecule has 0 fully saturated rings. The van der Waals surface area contributed by atoms with Gasteiger partial charge >= 0.3 is 0 Å². The van der Waals surface area contributed by atoms with E-state index in [1.165, 1.54) is 11.3 Å². The first-order valence-corrected chi connectivity index (χ1v) is 6.61. The van der Waals surface area contributed by atoms with Crippen molar-refractivity contribution < 1.29 is 0 Å². The number of nitrogens with zero attached hydrogens (tertiary/aromatic N) is 1. The van der Waals surface area contributed by atoms with Crippen LogP contribution in [0.15, 0.2) is 42.5 Å². The van der Waals surface area contributed by atoms with Crippen LogP contribution in [-0.2, 0) is 0 Å². The summed E-state index contributed by atoms with van der Waals surface area (Å²) in [6, 6.07) is 14.5. The molecule has 2 aromatic rings. The largest absolute Gasteiger partial charge is 0.389 e. The van der Waals surface area contributed by atoms with Crippen LogP contribution in [0.5, 0.6) is 0 Å². The number of hydrogen-bond acceptors (Lipinski definition) is 2. The van der Waals surface area contributed by atoms with Crippen molar-refractivity contribution in [2.45, 2.75) is 13.8 Å². The van der Waals surface area contributed by atoms with Crippen molar-refractivity contribution >= 4 is 28.6 Å². The predicted molar refractivity (Wildman–Crippen MR) is 86.3 cm³/mol. The average molecular weight is 270 g/mol. The van der Waals surface area contributed by atoms with E-state index in [9.17, 15) is 0 Å². The Labute approximate surface area is 119 Å². The topological polar surface area (TPSA) is 29.3 Å². The fraction of sp³-hybridized carbons (Fsp3) is 0.188. The summed E-state index contributed by atoms with van der Waals surface area (Å²) in [6.45, 7) is 4.14. The van der Waals surface area contributed by atoms with Gasteiger partial charge in [-0.05, 0) is 49.2 Å². The van der Waals surface area contributed by atoms with Crippen LogP contribution >= 0.6 is 12.2 Å². The van der Waals surface area contributed by atoms with E-state index >= 15 is 0 Å². The van der Waals surface area contributed by atoms with Crippen molar-refractivity contribution in [3.63, 3.8) is 0 Å². The second-order valence-electron chi connectivity index (χ2n) is 4.71. The minimum Gasteiger partial charge on any atom is -0.389 e. The zero-order valence-corrected chi connectivity index (χ0v) is 12.3. The van der Waals surface area contributed by atoms with Gasteiger partial charge in [-0.1, -0.05) is 30.4 Å². The van der Waals surface area contributed by atoms with Gasteiger partial charge in [0.15, 0.2) is 0 Å². The highest BCUT2D eigenvalue weighted by Crippen LogP contribution is 2.27. The van der Waals surface area contributed by atoms with Crippen LogP contribution in [0.3, 0.4) is 0 Å². The van der Waals surface area contributed by atoms with Gasteiger partial charge < -0.3 is 10.6 Å². The monoisotopic (exact) mass is 270 g/mol. The van der Waals surface area contributed by atoms with Crippen molar-refractivity contribution in [1.82, 2.24) is 0 Å². The average Bonchev–Trinajstić information content (AvgIpc) is 2.38. The third-order valence-electron chi connectivity index (χ3n) is 3.34. The van der Waals surface area contributed by atoms with Gasteiger partial charge in [-0.3, -0.25) is 0 Å². The Morgan fingerprint density at radius 3 is 2.32 bits per heavy atom. The Morgan fingerprint density at radius 2 is 1.74 bits per heavy atom. The maximum Gasteiger partial charge on any atom is 0.104 e. The molecular formula is C16H18N2S. The lowest BCUT2D eigenvalue weighted by Crippen LogP contribution is -2.14. The van der Waals surface area contributed by atoms with Crippen LogP contribution in [0, 0.1) is 13.8 Å². The van der Waals surface area contributed by atoms with E-state index in [0.717, 1.165) is 16.8 Å². The first-order chi connectivity index (χ1) is 9.00. The molecule has 0 spiro atoms. The number of anilines is 2. The highest BCUT2D eigenvalue weighted by atomic mass is 32.1. The predicted octanol–water partition coefficient (Wildman–Crippen LogP) is 3.71. The number of aryl methyl sites for hydroxylation is 2. The van der Waals surface area contributed by atoms with Crippen molar-refractivity contribution in [2.75, 3.05) is 11.9 Å². The summed E-state index contributed by atoms with van der Waals surface area (Å²) < 4.78 is 0. The van der Waals surface area contributed by atoms with E-state index in [1.54, 1.807) is 0 Å². The van der Waals surface area contributed by atoms with Crippen LogP contribution in [0.25, 0.3) is 0 Å². The standard InChI is InChI=1S/C16H18N2S/c1-11-6-4-5-7-15(11)18(3)13-8-9-14(16(17)19)12(2)10-13/h4-10H,1-3H3,(H2,17,19). The van der Waals surface area contributed by atoms with E-state index in [4.69, 9.17) is 18.0 Å². The fourth-order valence-electron chi connectivity index (χ4n) is 2.21. The molecule has 19 heavy (non-hydrogen) atoms. The normalized spacial score (nSPS) is 10.3. The van der Waals surface area contributed by atoms with E-state index < -0.39 is 0 Å². The molecule has 0 saturated carbocycles. The summed E-state index contributed by atoms with van der Waals surface area (Å²) in [5.41, 5.74) is 11.3. The minimum atomic E-state index is 0.447. The van der Waals surface area contributed by atoms with Crippen LogP contribution < -0.4 is 10.6 Å². The van der Waals surface area contributed by atoms with E-state index in [2.05, 4.69) is 43.1 Å². The number of thiocarbonyl (C=S) groups is 1. The lowest BCUT2D eigenvalue weighted by Gasteiger charge is -2.22. The van der Waals surface area contributed by atoms with Crippen LogP contribution in [-0.4, -0.2) is 12.0 Å². The lowest BCUT2D eigenvalue weighted by molar-refractivity contribution is 1.18. The molecule has 98 valence electrons. The first-order valence-electron chi connectivity index (χ1n) is 6.20. The summed E-state index contributed by atoms with van der Waals surface area (Å²) in [7, 11) is 2.07. The third kappa shape index (κ3) is 2.76. The molecule has 0 radical (unpaired) electrons. The molecule has 0 aromatic heterocycles. The minimum absolute atomic E-state index is 0.447. The number of para-hydroxylation sites is 1. The van der Waals surface area contributed by atoms with Crippen molar-refractivity contribution in [3.05, 3.63) is 59.2 Å². The lowest BCUT2D eigenvalue weighted by atomic mass is 10.1. The van der Waals surface area contributed by atoms with Gasteiger partial charge in [0.2, 0.25) is 0 Å². The molecule has 0 unspecified atom stereocenters. The second-order valence-corrected chi connectivity index (χ2v) is 5.15. The van der Waals surface area contributed by atoms with E-state index in [-0.39, 0.29) is 0 Å². The zero-order valence-electron chi connectivity index (χ0n) is 11.5. The van der Waals surface area contributed by atoms with Crippen LogP contribution in [0.1, 0.15) is 16.7 Å². The smallest absolute Gasteiger partial charge is 0.104 e. The van der Waals surface area contributed by atoms with Gasteiger partial charge in [0.05, 0.1) is 0 Å². The van der Waals surface area contributed by atoms with Crippen molar-refractivity contribution in [3.8, 4) is 0 Å². The molecule has 2 aromatic carbocycles. The number of benzene rings is 2. The Bertz CT molecular complexity index is 620. The van der Waals surface area contributed by atoms with E-state index in [0.29, 0.717) is 4.99 Å². The molecule has 2 N–H and O–H groups in total. The Balaban J connectivity index is 2.40. The van der Waals surface area contributed by atoms with Gasteiger partial charge in [-0.15, -0.1) is 0 Å². The summed E-state index contributed by atoms with van der Waals surface area (Å²) in [5, 5.41) is 0. The molecule has 0 aliphatic rings. The molecular weight excluding hydrogens is 252 g/mol. The Hall–Kier alpha value is -1.87. The number of rotatable bonds is 3. The Kier molecular flexibility index (Phi) is 3.86. The zero-order chi connectivity index (χ0) is 14.0. The van der Waals surface area contributed by atoms with Crippen molar-refractivity contribution in [1.29, 1.82) is 0 Å². The molecule has 3 heteroatoms. The molecule has 0 aliphatic heterocycles. The van der Waals surface area contributed by atoms with Crippen LogP contribution in [0.4, 0.5) is 11.4 Å². The van der Waals surface area contributed by atoms with Crippen molar-refractivity contribution in [2.24, 2.45) is 5.73 Å². The third-order valence-corrected chi connectivity index (χ3v) is 3.56. The van der Waals surface area contributed by atoms with Crippen LogP contribution in [0.2, 0.25) is 0 Å². The molecule has 0 aliphatic carbocycles. The summed E-state index contributed by atoms with van der Waals surface area (Å²) in [6.07, 6.45) is 0. The van der Waals surface area contributed by atoms with Gasteiger partial charge in [-0.25, -0.2) is 0 Å². The quantitative estimate of drug-likeness (QED) is 0.862. The highest BCUT2D eigenvalue weighted by Gasteiger charge is 2.08. The SMILES string of the molecule is Cc1cc(N(C)c2ccccc2C)ccc1C(N)=S. The highest BCUT2D eigenvalue weighted by molar-refractivity contribution is 7.80. The summed E-state index contributed by atoms with van der Waals surface area (Å²) in [4.78, 5) is 2.62. The Morgan fingerprint density at radius 1 is 1.05 bits per heavy atom. The number of nitrogens with two attached hydrogens (primary N) is 1. The molecule has 0 amide bonds. The van der Waals surface area contributed by atoms with Gasteiger partial charge in [0.1, 0.15) is 4.99 Å². The number of hydrogen-bond donors (Lipinski definition) is 1. The van der Waals surface area contributed by atoms with Gasteiger partial charge in [-0.2, -0.15) is 0 Å². The van der Waals surface area contributed by atoms with Gasteiger partial charge in [0.25, 0.3) is 0 Å². The molecule has 0 bridgehead atoms. The molecule has 0 heterocycles. The maximum absolute atomic E-state index is 5.69. The molecule has 2 nitrogen and oxygen atoms in total. The fourth-order valence-corrected chi connectivity index (χ4v) is 2.44. The second kappa shape index (κ2) is 5.41. The summed E-state index contributed by atoms with van der Waals surface area (Å²) in [5.74, 6) is 0. The van der Waals surface area contributed by atoms with Gasteiger partial charge in [0, 0.05) is 24.0 Å². The molecule has 2 rings (SSSR count). The maximum atomic E-state index is 5.69. The first kappa shape index (κ1) is 13.6.